The van der Waals surface area contributed by atoms with Gasteiger partial charge in [-0.3, -0.25) is 4.79 Å². The summed E-state index contributed by atoms with van der Waals surface area (Å²) in [6, 6.07) is 0. The number of rotatable bonds is 5. The summed E-state index contributed by atoms with van der Waals surface area (Å²) in [6.07, 6.45) is 5.75. The summed E-state index contributed by atoms with van der Waals surface area (Å²) in [4.78, 5) is 11.2. The number of methoxy groups -OCH3 is 1. The van der Waals surface area contributed by atoms with E-state index in [1.165, 1.54) is 32.8 Å². The van der Waals surface area contributed by atoms with Crippen LogP contribution in [-0.2, 0) is 9.53 Å². The first kappa shape index (κ1) is 12.6. The first-order chi connectivity index (χ1) is 7.70. The Morgan fingerprint density at radius 1 is 1.50 bits per heavy atom. The molecule has 92 valence electrons. The molecule has 2 aliphatic rings. The largest absolute Gasteiger partial charge is 0.468 e. The molecule has 0 aromatic carbocycles. The molecule has 2 rings (SSSR count). The standard InChI is InChI=1S/C12H20INO2/c1-16-12(15)11(13)7-14-6-10-5-8-2-3-9(10)4-8/h8-11,14H,2-7H2,1H3. The maximum Gasteiger partial charge on any atom is 0.319 e. The molecule has 2 aliphatic carbocycles. The van der Waals surface area contributed by atoms with E-state index in [0.717, 1.165) is 30.8 Å². The van der Waals surface area contributed by atoms with Gasteiger partial charge in [-0.25, -0.2) is 0 Å². The lowest BCUT2D eigenvalue weighted by molar-refractivity contribution is -0.139. The molecule has 0 spiro atoms. The molecule has 2 fully saturated rings. The Morgan fingerprint density at radius 3 is 2.88 bits per heavy atom. The topological polar surface area (TPSA) is 38.3 Å². The molecule has 3 nitrogen and oxygen atoms in total. The summed E-state index contributed by atoms with van der Waals surface area (Å²) in [5.74, 6) is 2.71. The first-order valence-electron chi connectivity index (χ1n) is 6.13. The first-order valence-corrected chi connectivity index (χ1v) is 7.38. The van der Waals surface area contributed by atoms with Gasteiger partial charge in [-0.15, -0.1) is 0 Å². The quantitative estimate of drug-likeness (QED) is 0.474. The number of hydrogen-bond acceptors (Lipinski definition) is 3. The van der Waals surface area contributed by atoms with Crippen LogP contribution >= 0.6 is 22.6 Å². The maximum absolute atomic E-state index is 11.2. The summed E-state index contributed by atoms with van der Waals surface area (Å²) in [5.41, 5.74) is 0. The van der Waals surface area contributed by atoms with Crippen LogP contribution in [0.4, 0.5) is 0 Å². The van der Waals surface area contributed by atoms with E-state index < -0.39 is 0 Å². The number of ether oxygens (including phenoxy) is 1. The zero-order valence-corrected chi connectivity index (χ0v) is 11.9. The van der Waals surface area contributed by atoms with Crippen molar-refractivity contribution in [2.24, 2.45) is 17.8 Å². The van der Waals surface area contributed by atoms with Crippen molar-refractivity contribution in [2.45, 2.75) is 29.6 Å². The average molecular weight is 337 g/mol. The van der Waals surface area contributed by atoms with Crippen LogP contribution in [0, 0.1) is 17.8 Å². The lowest BCUT2D eigenvalue weighted by atomic mass is 9.89. The van der Waals surface area contributed by atoms with Crippen molar-refractivity contribution < 1.29 is 9.53 Å². The second kappa shape index (κ2) is 5.67. The molecule has 4 unspecified atom stereocenters. The summed E-state index contributed by atoms with van der Waals surface area (Å²) in [5, 5.41) is 3.42. The summed E-state index contributed by atoms with van der Waals surface area (Å²) >= 11 is 2.14. The van der Waals surface area contributed by atoms with Gasteiger partial charge in [0.2, 0.25) is 0 Å². The van der Waals surface area contributed by atoms with Crippen LogP contribution in [-0.4, -0.2) is 30.1 Å². The highest BCUT2D eigenvalue weighted by molar-refractivity contribution is 14.1. The molecule has 2 bridgehead atoms. The number of halogens is 1. The SMILES string of the molecule is COC(=O)C(I)CNCC1CC2CCC1C2. The van der Waals surface area contributed by atoms with Crippen molar-refractivity contribution in [3.8, 4) is 0 Å². The molecule has 4 heteroatoms. The van der Waals surface area contributed by atoms with Gasteiger partial charge in [0, 0.05) is 6.54 Å². The van der Waals surface area contributed by atoms with E-state index in [1.54, 1.807) is 0 Å². The Balaban J connectivity index is 1.63. The fourth-order valence-electron chi connectivity index (χ4n) is 3.23. The van der Waals surface area contributed by atoms with Crippen molar-refractivity contribution in [3.63, 3.8) is 0 Å². The highest BCUT2D eigenvalue weighted by Crippen LogP contribution is 2.47. The maximum atomic E-state index is 11.2. The van der Waals surface area contributed by atoms with E-state index >= 15 is 0 Å². The fourth-order valence-corrected chi connectivity index (χ4v) is 3.80. The monoisotopic (exact) mass is 337 g/mol. The Kier molecular flexibility index (Phi) is 4.47. The third-order valence-electron chi connectivity index (χ3n) is 4.07. The third-order valence-corrected chi connectivity index (χ3v) is 5.02. The number of esters is 1. The van der Waals surface area contributed by atoms with Crippen LogP contribution in [0.15, 0.2) is 0 Å². The normalized spacial score (nSPS) is 34.0. The minimum atomic E-state index is -0.124. The second-order valence-corrected chi connectivity index (χ2v) is 6.59. The Labute approximate surface area is 111 Å². The van der Waals surface area contributed by atoms with Crippen molar-refractivity contribution in [1.82, 2.24) is 5.32 Å². The van der Waals surface area contributed by atoms with Gasteiger partial charge in [-0.05, 0) is 43.6 Å². The van der Waals surface area contributed by atoms with Crippen molar-refractivity contribution in [1.29, 1.82) is 0 Å². The molecule has 0 heterocycles. The van der Waals surface area contributed by atoms with E-state index in [0.29, 0.717) is 0 Å². The molecule has 0 aromatic heterocycles. The van der Waals surface area contributed by atoms with Crippen LogP contribution < -0.4 is 5.32 Å². The molecule has 0 amide bonds. The number of fused-ring (bicyclic) bond motifs is 2. The zero-order valence-electron chi connectivity index (χ0n) is 9.75. The second-order valence-electron chi connectivity index (χ2n) is 5.08. The fraction of sp³-hybridized carbons (Fsp3) is 0.917. The minimum Gasteiger partial charge on any atom is -0.468 e. The molecule has 0 radical (unpaired) electrons. The number of alkyl halides is 1. The highest BCUT2D eigenvalue weighted by atomic mass is 127. The molecule has 4 atom stereocenters. The average Bonchev–Trinajstić information content (AvgIpc) is 2.89. The lowest BCUT2D eigenvalue weighted by Crippen LogP contribution is -2.34. The summed E-state index contributed by atoms with van der Waals surface area (Å²) < 4.78 is 4.64. The third kappa shape index (κ3) is 2.88. The molecule has 1 N–H and O–H groups in total. The van der Waals surface area contributed by atoms with Gasteiger partial charge in [0.05, 0.1) is 7.11 Å². The number of hydrogen-bond donors (Lipinski definition) is 1. The van der Waals surface area contributed by atoms with Gasteiger partial charge in [-0.2, -0.15) is 0 Å². The van der Waals surface area contributed by atoms with Gasteiger partial charge in [-0.1, -0.05) is 29.0 Å². The van der Waals surface area contributed by atoms with Crippen molar-refractivity contribution in [3.05, 3.63) is 0 Å². The number of nitrogens with one attached hydrogen (secondary N) is 1. The zero-order chi connectivity index (χ0) is 11.5. The van der Waals surface area contributed by atoms with Crippen LogP contribution in [0.25, 0.3) is 0 Å². The highest BCUT2D eigenvalue weighted by Gasteiger charge is 2.38. The predicted molar refractivity (Wildman–Crippen MR) is 71.6 cm³/mol. The number of carbonyl (C=O) groups excluding carboxylic acids is 1. The molecule has 0 aliphatic heterocycles. The molecule has 2 saturated carbocycles. The molecule has 0 aromatic rings. The van der Waals surface area contributed by atoms with E-state index in [2.05, 4.69) is 27.9 Å². The van der Waals surface area contributed by atoms with E-state index in [1.807, 2.05) is 0 Å². The summed E-state index contributed by atoms with van der Waals surface area (Å²) in [7, 11) is 1.45. The summed E-state index contributed by atoms with van der Waals surface area (Å²) in [6.45, 7) is 1.82. The van der Waals surface area contributed by atoms with Gasteiger partial charge in [0.1, 0.15) is 3.92 Å². The van der Waals surface area contributed by atoms with Gasteiger partial charge in [0.25, 0.3) is 0 Å². The van der Waals surface area contributed by atoms with Crippen LogP contribution in [0.5, 0.6) is 0 Å². The van der Waals surface area contributed by atoms with Gasteiger partial charge < -0.3 is 10.1 Å². The smallest absolute Gasteiger partial charge is 0.319 e. The van der Waals surface area contributed by atoms with Crippen LogP contribution in [0.3, 0.4) is 0 Å². The van der Waals surface area contributed by atoms with E-state index in [4.69, 9.17) is 4.74 Å². The van der Waals surface area contributed by atoms with Gasteiger partial charge in [0.15, 0.2) is 0 Å². The Hall–Kier alpha value is 0.160. The molecular formula is C12H20INO2. The lowest BCUT2D eigenvalue weighted by Gasteiger charge is -2.22. The molecule has 16 heavy (non-hydrogen) atoms. The Bertz CT molecular complexity index is 259. The van der Waals surface area contributed by atoms with Crippen LogP contribution in [0.2, 0.25) is 0 Å². The van der Waals surface area contributed by atoms with E-state index in [-0.39, 0.29) is 9.89 Å². The van der Waals surface area contributed by atoms with Gasteiger partial charge >= 0.3 is 5.97 Å². The minimum absolute atomic E-state index is 0.0545. The van der Waals surface area contributed by atoms with Crippen molar-refractivity contribution in [2.75, 3.05) is 20.2 Å². The Morgan fingerprint density at radius 2 is 2.31 bits per heavy atom. The van der Waals surface area contributed by atoms with Crippen LogP contribution in [0.1, 0.15) is 25.7 Å². The number of carbonyl (C=O) groups is 1. The van der Waals surface area contributed by atoms with E-state index in [9.17, 15) is 4.79 Å². The molecule has 0 saturated heterocycles. The molecular weight excluding hydrogens is 317 g/mol. The predicted octanol–water partition coefficient (Wildman–Crippen LogP) is 1.99. The van der Waals surface area contributed by atoms with Crippen molar-refractivity contribution >= 4 is 28.6 Å².